The fraction of sp³-hybridized carbons (Fsp3) is 0.444. The van der Waals surface area contributed by atoms with Gasteiger partial charge in [0.05, 0.1) is 30.5 Å². The second kappa shape index (κ2) is 6.73. The molecule has 1 amide bonds. The van der Waals surface area contributed by atoms with Gasteiger partial charge in [0.25, 0.3) is 0 Å². The van der Waals surface area contributed by atoms with E-state index in [1.807, 2.05) is 25.7 Å². The van der Waals surface area contributed by atoms with Crippen LogP contribution in [-0.4, -0.2) is 46.4 Å². The van der Waals surface area contributed by atoms with Crippen molar-refractivity contribution in [3.05, 3.63) is 47.0 Å². The number of carbonyl (C=O) groups is 1. The van der Waals surface area contributed by atoms with E-state index in [0.29, 0.717) is 26.1 Å². The minimum Gasteiger partial charge on any atom is -0.375 e. The first-order valence-corrected chi connectivity index (χ1v) is 8.16. The van der Waals surface area contributed by atoms with Crippen molar-refractivity contribution in [3.63, 3.8) is 0 Å². The van der Waals surface area contributed by atoms with E-state index >= 15 is 0 Å². The highest BCUT2D eigenvalue weighted by atomic mass is 19.1. The van der Waals surface area contributed by atoms with Gasteiger partial charge in [0.15, 0.2) is 0 Å². The third-order valence-electron chi connectivity index (χ3n) is 4.43. The van der Waals surface area contributed by atoms with Gasteiger partial charge in [-0.2, -0.15) is 5.10 Å². The van der Waals surface area contributed by atoms with Crippen LogP contribution in [0.1, 0.15) is 23.9 Å². The molecule has 1 aliphatic rings. The summed E-state index contributed by atoms with van der Waals surface area (Å²) in [6.07, 6.45) is 0.401. The van der Waals surface area contributed by atoms with Crippen LogP contribution in [0.5, 0.6) is 0 Å². The van der Waals surface area contributed by atoms with Gasteiger partial charge in [-0.1, -0.05) is 0 Å². The topological polar surface area (TPSA) is 47.4 Å². The maximum Gasteiger partial charge on any atom is 0.227 e. The molecule has 5 nitrogen and oxygen atoms in total. The molecular formula is C18H22FN3O2. The monoisotopic (exact) mass is 331 g/mol. The second-order valence-corrected chi connectivity index (χ2v) is 6.24. The number of rotatable bonds is 3. The molecule has 0 spiro atoms. The van der Waals surface area contributed by atoms with E-state index in [0.717, 1.165) is 22.6 Å². The van der Waals surface area contributed by atoms with Gasteiger partial charge in [-0.15, -0.1) is 0 Å². The minimum absolute atomic E-state index is 0.0758. The fourth-order valence-electron chi connectivity index (χ4n) is 3.07. The third kappa shape index (κ3) is 3.33. The van der Waals surface area contributed by atoms with Crippen LogP contribution in [0.2, 0.25) is 0 Å². The van der Waals surface area contributed by atoms with E-state index in [4.69, 9.17) is 4.74 Å². The Morgan fingerprint density at radius 1 is 1.33 bits per heavy atom. The molecule has 2 heterocycles. The van der Waals surface area contributed by atoms with Crippen LogP contribution in [0.4, 0.5) is 4.39 Å². The molecule has 1 aromatic heterocycles. The Hall–Kier alpha value is -2.21. The Morgan fingerprint density at radius 2 is 2.04 bits per heavy atom. The molecule has 1 aliphatic heterocycles. The summed E-state index contributed by atoms with van der Waals surface area (Å²) in [5.74, 6) is -0.188. The molecule has 0 unspecified atom stereocenters. The van der Waals surface area contributed by atoms with Gasteiger partial charge in [0.1, 0.15) is 5.82 Å². The van der Waals surface area contributed by atoms with Crippen molar-refractivity contribution < 1.29 is 13.9 Å². The normalized spacial score (nSPS) is 18.0. The molecule has 1 fully saturated rings. The van der Waals surface area contributed by atoms with Gasteiger partial charge in [-0.3, -0.25) is 4.79 Å². The summed E-state index contributed by atoms with van der Waals surface area (Å²) < 4.78 is 20.4. The third-order valence-corrected chi connectivity index (χ3v) is 4.43. The standard InChI is InChI=1S/C18H22FN3O2/c1-12-11-21(8-9-24-12)18(23)10-17-13(2)20-22(14(17)3)16-6-4-15(19)5-7-16/h4-7,12H,8-11H2,1-3H3/t12-/m0/s1. The van der Waals surface area contributed by atoms with Crippen molar-refractivity contribution in [2.24, 2.45) is 0 Å². The zero-order chi connectivity index (χ0) is 17.3. The number of ether oxygens (including phenoxy) is 1. The van der Waals surface area contributed by atoms with Crippen molar-refractivity contribution in [1.29, 1.82) is 0 Å². The highest BCUT2D eigenvalue weighted by Gasteiger charge is 2.24. The molecule has 0 N–H and O–H groups in total. The highest BCUT2D eigenvalue weighted by Crippen LogP contribution is 2.20. The van der Waals surface area contributed by atoms with E-state index in [1.54, 1.807) is 16.8 Å². The minimum atomic E-state index is -0.280. The van der Waals surface area contributed by atoms with E-state index in [-0.39, 0.29) is 17.8 Å². The Labute approximate surface area is 141 Å². The first-order valence-electron chi connectivity index (χ1n) is 8.16. The van der Waals surface area contributed by atoms with E-state index in [2.05, 4.69) is 5.10 Å². The number of halogens is 1. The molecule has 24 heavy (non-hydrogen) atoms. The number of aromatic nitrogens is 2. The van der Waals surface area contributed by atoms with Crippen LogP contribution in [0.3, 0.4) is 0 Å². The maximum absolute atomic E-state index is 13.1. The van der Waals surface area contributed by atoms with Gasteiger partial charge in [0, 0.05) is 24.3 Å². The Kier molecular flexibility index (Phi) is 4.66. The van der Waals surface area contributed by atoms with E-state index < -0.39 is 0 Å². The zero-order valence-electron chi connectivity index (χ0n) is 14.3. The molecule has 128 valence electrons. The predicted molar refractivity (Wildman–Crippen MR) is 88.7 cm³/mol. The first-order chi connectivity index (χ1) is 11.5. The summed E-state index contributed by atoms with van der Waals surface area (Å²) in [4.78, 5) is 14.4. The van der Waals surface area contributed by atoms with Gasteiger partial charge in [-0.05, 0) is 45.0 Å². The molecule has 0 aliphatic carbocycles. The summed E-state index contributed by atoms with van der Waals surface area (Å²) >= 11 is 0. The number of carbonyl (C=O) groups excluding carboxylic acids is 1. The maximum atomic E-state index is 13.1. The molecular weight excluding hydrogens is 309 g/mol. The number of hydrogen-bond acceptors (Lipinski definition) is 3. The van der Waals surface area contributed by atoms with E-state index in [1.165, 1.54) is 12.1 Å². The number of amides is 1. The number of aryl methyl sites for hydroxylation is 1. The molecule has 1 atom stereocenters. The molecule has 2 aromatic rings. The lowest BCUT2D eigenvalue weighted by Gasteiger charge is -2.31. The SMILES string of the molecule is Cc1nn(-c2ccc(F)cc2)c(C)c1CC(=O)N1CCO[C@@H](C)C1. The van der Waals surface area contributed by atoms with Gasteiger partial charge < -0.3 is 9.64 Å². The van der Waals surface area contributed by atoms with Gasteiger partial charge >= 0.3 is 0 Å². The van der Waals surface area contributed by atoms with Crippen molar-refractivity contribution in [1.82, 2.24) is 14.7 Å². The van der Waals surface area contributed by atoms with Crippen LogP contribution >= 0.6 is 0 Å². The number of benzene rings is 1. The number of hydrogen-bond donors (Lipinski definition) is 0. The Balaban J connectivity index is 1.81. The number of nitrogens with zero attached hydrogens (tertiary/aromatic N) is 3. The molecule has 0 radical (unpaired) electrons. The van der Waals surface area contributed by atoms with Crippen LogP contribution < -0.4 is 0 Å². The quantitative estimate of drug-likeness (QED) is 0.868. The summed E-state index contributed by atoms with van der Waals surface area (Å²) in [5.41, 5.74) is 3.46. The van der Waals surface area contributed by atoms with Crippen LogP contribution in [0.25, 0.3) is 5.69 Å². The lowest BCUT2D eigenvalue weighted by molar-refractivity contribution is -0.137. The van der Waals surface area contributed by atoms with Gasteiger partial charge in [0.2, 0.25) is 5.91 Å². The summed E-state index contributed by atoms with van der Waals surface area (Å²) in [6.45, 7) is 7.66. The average Bonchev–Trinajstić information content (AvgIpc) is 2.84. The molecule has 6 heteroatoms. The van der Waals surface area contributed by atoms with Gasteiger partial charge in [-0.25, -0.2) is 9.07 Å². The second-order valence-electron chi connectivity index (χ2n) is 6.24. The van der Waals surface area contributed by atoms with E-state index in [9.17, 15) is 9.18 Å². The van der Waals surface area contributed by atoms with Crippen molar-refractivity contribution in [3.8, 4) is 5.69 Å². The Bertz CT molecular complexity index is 739. The van der Waals surface area contributed by atoms with Crippen LogP contribution in [-0.2, 0) is 16.0 Å². The summed E-state index contributed by atoms with van der Waals surface area (Å²) in [6, 6.07) is 6.19. The van der Waals surface area contributed by atoms with Crippen molar-refractivity contribution in [2.75, 3.05) is 19.7 Å². The smallest absolute Gasteiger partial charge is 0.227 e. The Morgan fingerprint density at radius 3 is 2.71 bits per heavy atom. The largest absolute Gasteiger partial charge is 0.375 e. The van der Waals surface area contributed by atoms with Crippen molar-refractivity contribution >= 4 is 5.91 Å². The molecule has 0 saturated carbocycles. The molecule has 3 rings (SSSR count). The average molecular weight is 331 g/mol. The first kappa shape index (κ1) is 16.6. The highest BCUT2D eigenvalue weighted by molar-refractivity contribution is 5.79. The summed E-state index contributed by atoms with van der Waals surface area (Å²) in [5, 5.41) is 4.52. The zero-order valence-corrected chi connectivity index (χ0v) is 14.3. The molecule has 1 saturated heterocycles. The lowest BCUT2D eigenvalue weighted by atomic mass is 10.1. The molecule has 1 aromatic carbocycles. The lowest BCUT2D eigenvalue weighted by Crippen LogP contribution is -2.45. The van der Waals surface area contributed by atoms with Crippen molar-refractivity contribution in [2.45, 2.75) is 33.3 Å². The fourth-order valence-corrected chi connectivity index (χ4v) is 3.07. The summed E-state index contributed by atoms with van der Waals surface area (Å²) in [7, 11) is 0. The predicted octanol–water partition coefficient (Wildman–Crippen LogP) is 2.42. The van der Waals surface area contributed by atoms with Crippen LogP contribution in [0, 0.1) is 19.7 Å². The van der Waals surface area contributed by atoms with Crippen LogP contribution in [0.15, 0.2) is 24.3 Å². The number of morpholine rings is 1. The molecule has 0 bridgehead atoms.